The van der Waals surface area contributed by atoms with Gasteiger partial charge in [-0.25, -0.2) is 4.79 Å². The van der Waals surface area contributed by atoms with E-state index in [1.54, 1.807) is 13.0 Å². The van der Waals surface area contributed by atoms with E-state index >= 15 is 0 Å². The first-order valence-corrected chi connectivity index (χ1v) is 8.08. The summed E-state index contributed by atoms with van der Waals surface area (Å²) in [5.41, 5.74) is 1.07. The first-order chi connectivity index (χ1) is 11.4. The molecule has 6 heteroatoms. The lowest BCUT2D eigenvalue weighted by Gasteiger charge is -2.40. The molecule has 0 bridgehead atoms. The lowest BCUT2D eigenvalue weighted by atomic mass is 9.97. The van der Waals surface area contributed by atoms with E-state index in [1.807, 2.05) is 39.0 Å². The standard InChI is InChI=1S/C18H25NO5/c1-6-22-16(20)15(19-21-5)13-9-7-8-10-14(13)17-23-12(2)11-18(3,4)24-17/h7-10,12,17H,6,11H2,1-5H3/b19-15-. The van der Waals surface area contributed by atoms with E-state index in [1.165, 1.54) is 7.11 Å². The molecule has 0 N–H and O–H groups in total. The fraction of sp³-hybridized carbons (Fsp3) is 0.556. The maximum atomic E-state index is 12.2. The molecule has 1 heterocycles. The summed E-state index contributed by atoms with van der Waals surface area (Å²) < 4.78 is 17.1. The van der Waals surface area contributed by atoms with Crippen molar-refractivity contribution in [3.8, 4) is 0 Å². The van der Waals surface area contributed by atoms with Crippen molar-refractivity contribution in [3.63, 3.8) is 0 Å². The topological polar surface area (TPSA) is 66.4 Å². The number of oxime groups is 1. The molecule has 2 unspecified atom stereocenters. The summed E-state index contributed by atoms with van der Waals surface area (Å²) in [4.78, 5) is 17.1. The molecular formula is C18H25NO5. The highest BCUT2D eigenvalue weighted by Crippen LogP contribution is 2.37. The van der Waals surface area contributed by atoms with Gasteiger partial charge in [0.1, 0.15) is 7.11 Å². The Morgan fingerprint density at radius 2 is 2.08 bits per heavy atom. The minimum Gasteiger partial charge on any atom is -0.461 e. The average Bonchev–Trinajstić information content (AvgIpc) is 2.51. The molecular weight excluding hydrogens is 310 g/mol. The van der Waals surface area contributed by atoms with Gasteiger partial charge < -0.3 is 19.0 Å². The van der Waals surface area contributed by atoms with Crippen molar-refractivity contribution in [1.29, 1.82) is 0 Å². The molecule has 24 heavy (non-hydrogen) atoms. The quantitative estimate of drug-likeness (QED) is 0.470. The van der Waals surface area contributed by atoms with E-state index < -0.39 is 12.3 Å². The molecule has 2 atom stereocenters. The Kier molecular flexibility index (Phi) is 5.96. The van der Waals surface area contributed by atoms with Gasteiger partial charge in [0.15, 0.2) is 12.0 Å². The molecule has 0 radical (unpaired) electrons. The maximum Gasteiger partial charge on any atom is 0.361 e. The first-order valence-electron chi connectivity index (χ1n) is 8.08. The first kappa shape index (κ1) is 18.4. The van der Waals surface area contributed by atoms with Crippen molar-refractivity contribution in [1.82, 2.24) is 0 Å². The Labute approximate surface area is 142 Å². The van der Waals surface area contributed by atoms with Crippen molar-refractivity contribution in [3.05, 3.63) is 35.4 Å². The minimum absolute atomic E-state index is 0.0391. The van der Waals surface area contributed by atoms with Gasteiger partial charge in [-0.05, 0) is 27.7 Å². The molecule has 0 saturated carbocycles. The van der Waals surface area contributed by atoms with Crippen LogP contribution in [0.5, 0.6) is 0 Å². The average molecular weight is 335 g/mol. The molecule has 0 spiro atoms. The Hall–Kier alpha value is -1.92. The predicted octanol–water partition coefficient (Wildman–Crippen LogP) is 3.20. The van der Waals surface area contributed by atoms with Crippen molar-refractivity contribution in [2.45, 2.75) is 52.1 Å². The number of hydrogen-bond donors (Lipinski definition) is 0. The van der Waals surface area contributed by atoms with Gasteiger partial charge in [-0.3, -0.25) is 0 Å². The van der Waals surface area contributed by atoms with Crippen molar-refractivity contribution in [2.24, 2.45) is 5.16 Å². The van der Waals surface area contributed by atoms with E-state index in [9.17, 15) is 4.79 Å². The third-order valence-corrected chi connectivity index (χ3v) is 3.68. The monoisotopic (exact) mass is 335 g/mol. The van der Waals surface area contributed by atoms with Crippen molar-refractivity contribution in [2.75, 3.05) is 13.7 Å². The summed E-state index contributed by atoms with van der Waals surface area (Å²) in [6.45, 7) is 8.06. The number of hydrogen-bond acceptors (Lipinski definition) is 6. The second kappa shape index (κ2) is 7.77. The zero-order valence-corrected chi connectivity index (χ0v) is 14.9. The molecule has 0 aromatic heterocycles. The van der Waals surface area contributed by atoms with Gasteiger partial charge in [-0.1, -0.05) is 29.4 Å². The van der Waals surface area contributed by atoms with Crippen LogP contribution in [0.2, 0.25) is 0 Å². The van der Waals surface area contributed by atoms with Crippen molar-refractivity contribution >= 4 is 11.7 Å². The molecule has 1 saturated heterocycles. The molecule has 132 valence electrons. The van der Waals surface area contributed by atoms with Crippen LogP contribution >= 0.6 is 0 Å². The van der Waals surface area contributed by atoms with Gasteiger partial charge in [-0.15, -0.1) is 0 Å². The zero-order chi connectivity index (χ0) is 17.7. The number of rotatable bonds is 5. The van der Waals surface area contributed by atoms with Gasteiger partial charge in [0.05, 0.1) is 18.3 Å². The summed E-state index contributed by atoms with van der Waals surface area (Å²) >= 11 is 0. The Balaban J connectivity index is 2.42. The van der Waals surface area contributed by atoms with Crippen LogP contribution in [0.3, 0.4) is 0 Å². The zero-order valence-electron chi connectivity index (χ0n) is 14.9. The van der Waals surface area contributed by atoms with Crippen LogP contribution in [0.25, 0.3) is 0 Å². The second-order valence-electron chi connectivity index (χ2n) is 6.29. The summed E-state index contributed by atoms with van der Waals surface area (Å²) in [5.74, 6) is -0.546. The highest BCUT2D eigenvalue weighted by molar-refractivity contribution is 6.43. The third-order valence-electron chi connectivity index (χ3n) is 3.68. The number of carbonyl (C=O) groups excluding carboxylic acids is 1. The lowest BCUT2D eigenvalue weighted by molar-refractivity contribution is -0.273. The van der Waals surface area contributed by atoms with Crippen molar-refractivity contribution < 1.29 is 23.8 Å². The fourth-order valence-corrected chi connectivity index (χ4v) is 2.86. The molecule has 2 rings (SSSR count). The number of benzene rings is 1. The summed E-state index contributed by atoms with van der Waals surface area (Å²) in [6, 6.07) is 7.33. The molecule has 0 aliphatic carbocycles. The number of esters is 1. The van der Waals surface area contributed by atoms with Crippen LogP contribution in [-0.4, -0.2) is 37.1 Å². The van der Waals surface area contributed by atoms with E-state index in [0.717, 1.165) is 12.0 Å². The van der Waals surface area contributed by atoms with Crippen LogP contribution < -0.4 is 0 Å². The van der Waals surface area contributed by atoms with E-state index in [2.05, 4.69) is 5.16 Å². The number of nitrogens with zero attached hydrogens (tertiary/aromatic N) is 1. The molecule has 1 aromatic rings. The number of carbonyl (C=O) groups is 1. The molecule has 1 aromatic carbocycles. The van der Waals surface area contributed by atoms with Gasteiger partial charge in [0.25, 0.3) is 0 Å². The molecule has 1 fully saturated rings. The van der Waals surface area contributed by atoms with Crippen LogP contribution in [-0.2, 0) is 23.8 Å². The van der Waals surface area contributed by atoms with Gasteiger partial charge in [-0.2, -0.15) is 0 Å². The normalized spacial score (nSPS) is 23.6. The smallest absolute Gasteiger partial charge is 0.361 e. The molecule has 1 aliphatic heterocycles. The lowest BCUT2D eigenvalue weighted by Crippen LogP contribution is -2.39. The summed E-state index contributed by atoms with van der Waals surface area (Å²) in [6.07, 6.45) is 0.247. The summed E-state index contributed by atoms with van der Waals surface area (Å²) in [7, 11) is 1.39. The second-order valence-corrected chi connectivity index (χ2v) is 6.29. The largest absolute Gasteiger partial charge is 0.461 e. The Morgan fingerprint density at radius 1 is 1.38 bits per heavy atom. The minimum atomic E-state index is -0.587. The summed E-state index contributed by atoms with van der Waals surface area (Å²) in [5, 5.41) is 3.85. The van der Waals surface area contributed by atoms with E-state index in [4.69, 9.17) is 19.0 Å². The molecule has 0 amide bonds. The van der Waals surface area contributed by atoms with Crippen LogP contribution in [0.15, 0.2) is 29.4 Å². The van der Waals surface area contributed by atoms with Gasteiger partial charge in [0, 0.05) is 17.5 Å². The molecule has 1 aliphatic rings. The van der Waals surface area contributed by atoms with Crippen LogP contribution in [0.1, 0.15) is 51.5 Å². The highest BCUT2D eigenvalue weighted by Gasteiger charge is 2.36. The predicted molar refractivity (Wildman–Crippen MR) is 89.7 cm³/mol. The third kappa shape index (κ3) is 4.33. The van der Waals surface area contributed by atoms with Gasteiger partial charge >= 0.3 is 5.97 Å². The van der Waals surface area contributed by atoms with E-state index in [0.29, 0.717) is 5.56 Å². The number of ether oxygens (including phenoxy) is 3. The van der Waals surface area contributed by atoms with Crippen LogP contribution in [0, 0.1) is 0 Å². The Morgan fingerprint density at radius 3 is 2.71 bits per heavy atom. The van der Waals surface area contributed by atoms with Gasteiger partial charge in [0.2, 0.25) is 0 Å². The van der Waals surface area contributed by atoms with Crippen LogP contribution in [0.4, 0.5) is 0 Å². The fourth-order valence-electron chi connectivity index (χ4n) is 2.86. The van der Waals surface area contributed by atoms with E-state index in [-0.39, 0.29) is 24.0 Å². The maximum absolute atomic E-state index is 12.2. The Bertz CT molecular complexity index is 611. The molecule has 6 nitrogen and oxygen atoms in total. The highest BCUT2D eigenvalue weighted by atomic mass is 16.7. The SMILES string of the molecule is CCOC(=O)/C(=N\OC)c1ccccc1C1OC(C)CC(C)(C)O1.